The summed E-state index contributed by atoms with van der Waals surface area (Å²) in [6, 6.07) is -1.67. The maximum absolute atomic E-state index is 13.5. The average molecular weight is 424 g/mol. The Morgan fingerprint density at radius 3 is 2.54 bits per heavy atom. The van der Waals surface area contributed by atoms with E-state index in [2.05, 4.69) is 15.7 Å². The van der Waals surface area contributed by atoms with Gasteiger partial charge in [-0.1, -0.05) is 19.3 Å². The zero-order valence-electron chi connectivity index (χ0n) is 16.1. The lowest BCUT2D eigenvalue weighted by atomic mass is 9.85. The van der Waals surface area contributed by atoms with E-state index in [9.17, 15) is 18.0 Å². The Labute approximate surface area is 169 Å². The zero-order valence-corrected chi connectivity index (χ0v) is 16.9. The van der Waals surface area contributed by atoms with Gasteiger partial charge in [-0.2, -0.15) is 18.3 Å². The van der Waals surface area contributed by atoms with Gasteiger partial charge < -0.3 is 10.6 Å². The lowest BCUT2D eigenvalue weighted by molar-refractivity contribution is -0.183. The molecular weight excluding hydrogens is 395 g/mol. The first-order valence-corrected chi connectivity index (χ1v) is 9.69. The fourth-order valence-corrected chi connectivity index (χ4v) is 4.09. The van der Waals surface area contributed by atoms with Crippen molar-refractivity contribution in [2.45, 2.75) is 50.2 Å². The second kappa shape index (κ2) is 9.93. The largest absolute Gasteiger partial charge is 0.405 e. The number of carbonyl (C=O) groups excluding carboxylic acids is 1. The predicted octanol–water partition coefficient (Wildman–Crippen LogP) is 2.46. The van der Waals surface area contributed by atoms with Crippen molar-refractivity contribution < 1.29 is 18.0 Å². The monoisotopic (exact) mass is 423 g/mol. The minimum absolute atomic E-state index is 0. The smallest absolute Gasteiger partial charge is 0.350 e. The van der Waals surface area contributed by atoms with Gasteiger partial charge in [-0.05, 0) is 12.8 Å². The van der Waals surface area contributed by atoms with Crippen LogP contribution >= 0.6 is 12.4 Å². The molecule has 2 heterocycles. The minimum atomic E-state index is -4.38. The van der Waals surface area contributed by atoms with Gasteiger partial charge in [0.15, 0.2) is 0 Å². The van der Waals surface area contributed by atoms with Crippen molar-refractivity contribution in [3.63, 3.8) is 0 Å². The first-order chi connectivity index (χ1) is 12.9. The number of halogens is 4. The van der Waals surface area contributed by atoms with Gasteiger partial charge in [-0.3, -0.25) is 14.4 Å². The summed E-state index contributed by atoms with van der Waals surface area (Å²) in [5, 5.41) is 10.0. The maximum atomic E-state index is 13.5. The Morgan fingerprint density at radius 1 is 1.29 bits per heavy atom. The number of aryl methyl sites for hydroxylation is 1. The minimum Gasteiger partial charge on any atom is -0.350 e. The van der Waals surface area contributed by atoms with Crippen LogP contribution in [0.25, 0.3) is 0 Å². The van der Waals surface area contributed by atoms with Crippen LogP contribution in [0.2, 0.25) is 0 Å². The SMILES string of the molecule is Cl.Cn1cc(C(=O)NCC(N2CCNCC2)C(F)(F)F)c(C2CCCCC2)n1. The number of hydrogen-bond acceptors (Lipinski definition) is 4. The van der Waals surface area contributed by atoms with Gasteiger partial charge >= 0.3 is 6.18 Å². The summed E-state index contributed by atoms with van der Waals surface area (Å²) in [6.07, 6.45) is 2.57. The number of aromatic nitrogens is 2. The fraction of sp³-hybridized carbons (Fsp3) is 0.778. The number of amides is 1. The van der Waals surface area contributed by atoms with Crippen LogP contribution in [0.4, 0.5) is 13.2 Å². The van der Waals surface area contributed by atoms with Gasteiger partial charge in [0, 0.05) is 51.9 Å². The third kappa shape index (κ3) is 5.61. The van der Waals surface area contributed by atoms with E-state index in [1.165, 1.54) is 11.3 Å². The summed E-state index contributed by atoms with van der Waals surface area (Å²) in [4.78, 5) is 14.1. The van der Waals surface area contributed by atoms with E-state index in [1.54, 1.807) is 17.9 Å². The summed E-state index contributed by atoms with van der Waals surface area (Å²) in [7, 11) is 1.74. The van der Waals surface area contributed by atoms with E-state index in [-0.39, 0.29) is 18.3 Å². The summed E-state index contributed by atoms with van der Waals surface area (Å²) in [5.74, 6) is -0.250. The molecule has 1 aromatic heterocycles. The Balaban J connectivity index is 0.00000280. The van der Waals surface area contributed by atoms with Gasteiger partial charge in [0.1, 0.15) is 6.04 Å². The van der Waals surface area contributed by atoms with Gasteiger partial charge in [0.2, 0.25) is 0 Å². The molecule has 0 bridgehead atoms. The van der Waals surface area contributed by atoms with E-state index >= 15 is 0 Å². The molecule has 28 heavy (non-hydrogen) atoms. The molecule has 1 atom stereocenters. The summed E-state index contributed by atoms with van der Waals surface area (Å²) < 4.78 is 42.1. The van der Waals surface area contributed by atoms with Crippen molar-refractivity contribution >= 4 is 18.3 Å². The van der Waals surface area contributed by atoms with Crippen LogP contribution in [0.5, 0.6) is 0 Å². The third-order valence-corrected chi connectivity index (χ3v) is 5.52. The molecule has 0 radical (unpaired) electrons. The molecule has 10 heteroatoms. The van der Waals surface area contributed by atoms with Gasteiger partial charge in [-0.15, -0.1) is 12.4 Å². The molecule has 1 unspecified atom stereocenters. The highest BCUT2D eigenvalue weighted by molar-refractivity contribution is 5.95. The van der Waals surface area contributed by atoms with E-state index < -0.39 is 24.7 Å². The van der Waals surface area contributed by atoms with Crippen molar-refractivity contribution in [1.82, 2.24) is 25.3 Å². The highest BCUT2D eigenvalue weighted by Gasteiger charge is 2.44. The van der Waals surface area contributed by atoms with Crippen molar-refractivity contribution in [1.29, 1.82) is 0 Å². The van der Waals surface area contributed by atoms with E-state index in [0.717, 1.165) is 31.4 Å². The molecule has 0 spiro atoms. The number of carbonyl (C=O) groups is 1. The number of alkyl halides is 3. The quantitative estimate of drug-likeness (QED) is 0.763. The molecule has 1 aliphatic heterocycles. The first-order valence-electron chi connectivity index (χ1n) is 9.69. The van der Waals surface area contributed by atoms with Crippen molar-refractivity contribution in [3.8, 4) is 0 Å². The van der Waals surface area contributed by atoms with Crippen LogP contribution in [0, 0.1) is 0 Å². The Kier molecular flexibility index (Phi) is 8.15. The summed E-state index contributed by atoms with van der Waals surface area (Å²) in [6.45, 7) is 1.24. The Morgan fingerprint density at radius 2 is 1.93 bits per heavy atom. The standard InChI is InChI=1S/C18H28F3N5O.ClH/c1-25-12-14(16(24-25)13-5-3-2-4-6-13)17(27)23-11-15(18(19,20)21)26-9-7-22-8-10-26;/h12-13,15,22H,2-11H2,1H3,(H,23,27);1H. The number of nitrogens with one attached hydrogen (secondary N) is 2. The molecule has 160 valence electrons. The molecule has 2 fully saturated rings. The van der Waals surface area contributed by atoms with Gasteiger partial charge in [0.25, 0.3) is 5.91 Å². The molecule has 3 rings (SSSR count). The van der Waals surface area contributed by atoms with E-state index in [0.29, 0.717) is 31.7 Å². The van der Waals surface area contributed by atoms with Crippen molar-refractivity contribution in [2.75, 3.05) is 32.7 Å². The molecule has 1 aliphatic carbocycles. The average Bonchev–Trinajstić information content (AvgIpc) is 3.04. The van der Waals surface area contributed by atoms with Gasteiger partial charge in [0.05, 0.1) is 11.3 Å². The molecule has 1 amide bonds. The number of piperazine rings is 1. The second-order valence-corrected chi connectivity index (χ2v) is 7.49. The first kappa shape index (κ1) is 23.0. The fourth-order valence-electron chi connectivity index (χ4n) is 4.09. The lowest BCUT2D eigenvalue weighted by Crippen LogP contribution is -2.57. The molecule has 2 N–H and O–H groups in total. The maximum Gasteiger partial charge on any atom is 0.405 e. The molecule has 1 saturated carbocycles. The topological polar surface area (TPSA) is 62.2 Å². The lowest BCUT2D eigenvalue weighted by Gasteiger charge is -2.35. The Hall–Kier alpha value is -1.32. The highest BCUT2D eigenvalue weighted by Crippen LogP contribution is 2.33. The molecule has 1 aromatic rings. The number of rotatable bonds is 5. The van der Waals surface area contributed by atoms with Crippen LogP contribution in [0.3, 0.4) is 0 Å². The molecule has 0 aromatic carbocycles. The van der Waals surface area contributed by atoms with Crippen LogP contribution in [0.1, 0.15) is 54.1 Å². The van der Waals surface area contributed by atoms with Crippen LogP contribution in [-0.2, 0) is 7.05 Å². The normalized spacial score (nSPS) is 20.4. The molecule has 2 aliphatic rings. The third-order valence-electron chi connectivity index (χ3n) is 5.52. The molecule has 1 saturated heterocycles. The van der Waals surface area contributed by atoms with Crippen LogP contribution in [0.15, 0.2) is 6.20 Å². The highest BCUT2D eigenvalue weighted by atomic mass is 35.5. The zero-order chi connectivity index (χ0) is 19.4. The van der Waals surface area contributed by atoms with E-state index in [1.807, 2.05) is 0 Å². The van der Waals surface area contributed by atoms with Crippen LogP contribution < -0.4 is 10.6 Å². The summed E-state index contributed by atoms with van der Waals surface area (Å²) in [5.41, 5.74) is 1.13. The number of nitrogens with zero attached hydrogens (tertiary/aromatic N) is 3. The van der Waals surface area contributed by atoms with Crippen LogP contribution in [-0.4, -0.2) is 65.5 Å². The molecular formula is C18H29ClF3N5O. The van der Waals surface area contributed by atoms with Crippen molar-refractivity contribution in [3.05, 3.63) is 17.5 Å². The second-order valence-electron chi connectivity index (χ2n) is 7.49. The number of hydrogen-bond donors (Lipinski definition) is 2. The summed E-state index contributed by atoms with van der Waals surface area (Å²) >= 11 is 0. The van der Waals surface area contributed by atoms with Crippen molar-refractivity contribution in [2.24, 2.45) is 7.05 Å². The Bertz CT molecular complexity index is 640. The predicted molar refractivity (Wildman–Crippen MR) is 103 cm³/mol. The van der Waals surface area contributed by atoms with E-state index in [4.69, 9.17) is 0 Å². The molecule has 6 nitrogen and oxygen atoms in total. The van der Waals surface area contributed by atoms with Gasteiger partial charge in [-0.25, -0.2) is 0 Å².